The molecule has 0 fully saturated rings. The van der Waals surface area contributed by atoms with E-state index in [2.05, 4.69) is 221 Å². The molecule has 0 spiro atoms. The lowest BCUT2D eigenvalue weighted by Crippen LogP contribution is -1.99. The highest BCUT2D eigenvalue weighted by Gasteiger charge is 2.22. The molecule has 0 radical (unpaired) electrons. The Balaban J connectivity index is 1.12. The summed E-state index contributed by atoms with van der Waals surface area (Å²) < 4.78 is 4.86. The zero-order chi connectivity index (χ0) is 39.6. The van der Waals surface area contributed by atoms with E-state index < -0.39 is 0 Å². The molecular weight excluding hydrogens is 729 g/mol. The van der Waals surface area contributed by atoms with Gasteiger partial charge in [0.15, 0.2) is 5.82 Å². The van der Waals surface area contributed by atoms with Crippen molar-refractivity contribution in [1.82, 2.24) is 19.1 Å². The summed E-state index contributed by atoms with van der Waals surface area (Å²) in [6.07, 6.45) is 0. The van der Waals surface area contributed by atoms with Crippen LogP contribution in [0, 0.1) is 0 Å². The van der Waals surface area contributed by atoms with Crippen molar-refractivity contribution in [2.75, 3.05) is 0 Å². The van der Waals surface area contributed by atoms with Gasteiger partial charge in [-0.2, -0.15) is 0 Å². The smallest absolute Gasteiger partial charge is 0.161 e. The van der Waals surface area contributed by atoms with Crippen LogP contribution in [-0.2, 0) is 0 Å². The molecule has 0 bridgehead atoms. The highest BCUT2D eigenvalue weighted by Crippen LogP contribution is 2.43. The van der Waals surface area contributed by atoms with E-state index in [0.29, 0.717) is 5.82 Å². The Bertz CT molecular complexity index is 3570. The summed E-state index contributed by atoms with van der Waals surface area (Å²) in [6.45, 7) is 0. The SMILES string of the molecule is c1ccc(-c2ccc(-c3cc(-c4ccccc4)nc(-c4cc(-n5c6ccccc6c6c5ccc5c7ccccc7n(-c7ccccc7)c56)cc5ccccc45)n3)cc2)cc1. The number of para-hydroxylation sites is 3. The summed E-state index contributed by atoms with van der Waals surface area (Å²) in [5.74, 6) is 0.684. The van der Waals surface area contributed by atoms with Crippen molar-refractivity contribution in [2.24, 2.45) is 0 Å². The summed E-state index contributed by atoms with van der Waals surface area (Å²) in [5.41, 5.74) is 14.1. The lowest BCUT2D eigenvalue weighted by atomic mass is 10.00. The van der Waals surface area contributed by atoms with Crippen molar-refractivity contribution < 1.29 is 0 Å². The molecule has 0 unspecified atom stereocenters. The van der Waals surface area contributed by atoms with Crippen LogP contribution in [0.3, 0.4) is 0 Å². The molecule has 4 nitrogen and oxygen atoms in total. The van der Waals surface area contributed by atoms with Gasteiger partial charge in [0, 0.05) is 49.6 Å². The molecule has 12 aromatic rings. The number of aromatic nitrogens is 4. The summed E-state index contributed by atoms with van der Waals surface area (Å²) in [5, 5.41) is 7.13. The Hall–Kier alpha value is -8.08. The molecule has 0 aliphatic rings. The second-order valence-corrected chi connectivity index (χ2v) is 15.4. The second kappa shape index (κ2) is 13.8. The minimum absolute atomic E-state index is 0.684. The molecule has 0 amide bonds. The molecule has 0 atom stereocenters. The maximum Gasteiger partial charge on any atom is 0.161 e. The van der Waals surface area contributed by atoms with Gasteiger partial charge in [0.25, 0.3) is 0 Å². The average Bonchev–Trinajstić information content (AvgIpc) is 3.85. The zero-order valence-electron chi connectivity index (χ0n) is 32.6. The minimum Gasteiger partial charge on any atom is -0.309 e. The van der Waals surface area contributed by atoms with Gasteiger partial charge in [-0.25, -0.2) is 9.97 Å². The molecule has 0 aliphatic heterocycles. The van der Waals surface area contributed by atoms with E-state index in [1.165, 1.54) is 43.7 Å². The summed E-state index contributed by atoms with van der Waals surface area (Å²) in [4.78, 5) is 10.7. The molecule has 3 heterocycles. The number of hydrogen-bond donors (Lipinski definition) is 0. The van der Waals surface area contributed by atoms with E-state index in [4.69, 9.17) is 9.97 Å². The maximum atomic E-state index is 5.39. The van der Waals surface area contributed by atoms with E-state index in [-0.39, 0.29) is 0 Å². The fourth-order valence-electron chi connectivity index (χ4n) is 9.18. The van der Waals surface area contributed by atoms with Crippen LogP contribution in [0.25, 0.3) is 111 Å². The molecule has 3 aromatic heterocycles. The first-order valence-corrected chi connectivity index (χ1v) is 20.4. The normalized spacial score (nSPS) is 11.7. The van der Waals surface area contributed by atoms with Gasteiger partial charge in [0.2, 0.25) is 0 Å². The third-order valence-corrected chi connectivity index (χ3v) is 11.9. The molecule has 0 saturated carbocycles. The van der Waals surface area contributed by atoms with E-state index >= 15 is 0 Å². The minimum atomic E-state index is 0.684. The van der Waals surface area contributed by atoms with Crippen LogP contribution in [0.5, 0.6) is 0 Å². The average molecular weight is 765 g/mol. The molecule has 9 aromatic carbocycles. The number of rotatable bonds is 6. The van der Waals surface area contributed by atoms with Crippen molar-refractivity contribution in [1.29, 1.82) is 0 Å². The summed E-state index contributed by atoms with van der Waals surface area (Å²) in [7, 11) is 0. The fraction of sp³-hybridized carbons (Fsp3) is 0. The maximum absolute atomic E-state index is 5.39. The molecule has 60 heavy (non-hydrogen) atoms. The molecule has 280 valence electrons. The molecule has 0 aliphatic carbocycles. The zero-order valence-corrected chi connectivity index (χ0v) is 32.6. The Morgan fingerprint density at radius 2 is 0.850 bits per heavy atom. The first-order chi connectivity index (χ1) is 29.8. The van der Waals surface area contributed by atoms with Crippen LogP contribution in [-0.4, -0.2) is 19.1 Å². The third-order valence-electron chi connectivity index (χ3n) is 11.9. The number of nitrogens with zero attached hydrogens (tertiary/aromatic N) is 4. The number of fused-ring (bicyclic) bond motifs is 8. The quantitative estimate of drug-likeness (QED) is 0.169. The lowest BCUT2D eigenvalue weighted by Gasteiger charge is -2.15. The van der Waals surface area contributed by atoms with E-state index in [0.717, 1.165) is 61.3 Å². The predicted octanol–water partition coefficient (Wildman–Crippen LogP) is 14.5. The summed E-state index contributed by atoms with van der Waals surface area (Å²) >= 11 is 0. The monoisotopic (exact) mass is 764 g/mol. The third kappa shape index (κ3) is 5.46. The second-order valence-electron chi connectivity index (χ2n) is 15.4. The molecule has 0 saturated heterocycles. The van der Waals surface area contributed by atoms with Crippen LogP contribution in [0.4, 0.5) is 0 Å². The Labute approximate surface area is 346 Å². The first kappa shape index (κ1) is 34.0. The van der Waals surface area contributed by atoms with Gasteiger partial charge in [-0.15, -0.1) is 0 Å². The fourth-order valence-corrected chi connectivity index (χ4v) is 9.18. The van der Waals surface area contributed by atoms with Gasteiger partial charge < -0.3 is 9.13 Å². The van der Waals surface area contributed by atoms with Gasteiger partial charge >= 0.3 is 0 Å². The highest BCUT2D eigenvalue weighted by molar-refractivity contribution is 6.26. The van der Waals surface area contributed by atoms with E-state index in [9.17, 15) is 0 Å². The lowest BCUT2D eigenvalue weighted by molar-refractivity contribution is 1.16. The van der Waals surface area contributed by atoms with Crippen LogP contribution in [0.2, 0.25) is 0 Å². The van der Waals surface area contributed by atoms with Crippen molar-refractivity contribution in [2.45, 2.75) is 0 Å². The predicted molar refractivity (Wildman–Crippen MR) is 250 cm³/mol. The van der Waals surface area contributed by atoms with E-state index in [1.807, 2.05) is 6.07 Å². The highest BCUT2D eigenvalue weighted by atomic mass is 15.0. The van der Waals surface area contributed by atoms with Gasteiger partial charge in [0.05, 0.1) is 33.5 Å². The van der Waals surface area contributed by atoms with Crippen molar-refractivity contribution in [3.63, 3.8) is 0 Å². The Kier molecular flexibility index (Phi) is 7.82. The first-order valence-electron chi connectivity index (χ1n) is 20.4. The van der Waals surface area contributed by atoms with Crippen molar-refractivity contribution in [3.05, 3.63) is 218 Å². The molecule has 12 rings (SSSR count). The molecular formula is C56H36N4. The molecule has 4 heteroatoms. The topological polar surface area (TPSA) is 35.6 Å². The van der Waals surface area contributed by atoms with Crippen LogP contribution in [0.15, 0.2) is 218 Å². The summed E-state index contributed by atoms with van der Waals surface area (Å²) in [6, 6.07) is 77.9. The van der Waals surface area contributed by atoms with Gasteiger partial charge in [0.1, 0.15) is 0 Å². The van der Waals surface area contributed by atoms with Gasteiger partial charge in [-0.05, 0) is 70.4 Å². The van der Waals surface area contributed by atoms with Crippen molar-refractivity contribution in [3.8, 4) is 56.4 Å². The van der Waals surface area contributed by atoms with Gasteiger partial charge in [-0.1, -0.05) is 170 Å². The largest absolute Gasteiger partial charge is 0.309 e. The van der Waals surface area contributed by atoms with Crippen LogP contribution < -0.4 is 0 Å². The standard InChI is InChI=1S/C56H36N4/c1-4-16-37(17-5-1)38-28-30-40(31-29-38)50-36-49(39-18-6-2-7-19-39)57-56(58-50)48-35-43(34-41-20-10-11-23-44(41)48)59-52-27-15-13-25-47(52)54-53(59)33-32-46-45-24-12-14-26-51(45)60(55(46)54)42-21-8-3-9-22-42/h1-36H. The molecule has 0 N–H and O–H groups in total. The van der Waals surface area contributed by atoms with Crippen LogP contribution >= 0.6 is 0 Å². The van der Waals surface area contributed by atoms with E-state index in [1.54, 1.807) is 0 Å². The Morgan fingerprint density at radius 1 is 0.317 bits per heavy atom. The van der Waals surface area contributed by atoms with Crippen molar-refractivity contribution >= 4 is 54.4 Å². The number of benzene rings is 9. The Morgan fingerprint density at radius 3 is 1.57 bits per heavy atom. The van der Waals surface area contributed by atoms with Gasteiger partial charge in [-0.3, -0.25) is 0 Å². The number of hydrogen-bond acceptors (Lipinski definition) is 2. The van der Waals surface area contributed by atoms with Crippen LogP contribution in [0.1, 0.15) is 0 Å².